The molecule has 3 rings (SSSR count). The van der Waals surface area contributed by atoms with Crippen LogP contribution in [0.15, 0.2) is 42.5 Å². The quantitative estimate of drug-likeness (QED) is 0.211. The molecule has 2 aromatic carbocycles. The third-order valence-corrected chi connectivity index (χ3v) is 6.19. The van der Waals surface area contributed by atoms with Crippen LogP contribution < -0.4 is 19.9 Å². The smallest absolute Gasteiger partial charge is 0.336 e. The number of carbonyl (C=O) groups is 1. The van der Waals surface area contributed by atoms with E-state index in [2.05, 4.69) is 22.0 Å². The van der Waals surface area contributed by atoms with Gasteiger partial charge in [0, 0.05) is 37.8 Å². The number of likely N-dealkylation sites (N-methyl/N-ethyl adjacent to an activating group) is 1. The van der Waals surface area contributed by atoms with Crippen LogP contribution in [0.3, 0.4) is 0 Å². The Labute approximate surface area is 212 Å². The van der Waals surface area contributed by atoms with Crippen molar-refractivity contribution in [2.24, 2.45) is 0 Å². The average Bonchev–Trinajstić information content (AvgIpc) is 2.90. The summed E-state index contributed by atoms with van der Waals surface area (Å²) in [6, 6.07) is 12.5. The second-order valence-electron chi connectivity index (χ2n) is 8.39. The second-order valence-corrected chi connectivity index (χ2v) is 8.39. The normalized spacial score (nSPS) is 16.1. The first kappa shape index (κ1) is 27.7. The standard InChI is InChI=1S/C26H37N3O7/c1-3-29-19(17-27-25(31)21-6-4-5-7-22(21)26(32)33)18-28(10-12-35-14-15-36-13-11-30)23-9-8-20(34-2)16-24(23)29/h4-9,16,19,25,27,30-31H,3,10-15,17-18H2,1-2H3,(H,32,33). The molecular weight excluding hydrogens is 466 g/mol. The van der Waals surface area contributed by atoms with Crippen LogP contribution in [-0.4, -0.2) is 93.7 Å². The number of aromatic carboxylic acids is 1. The molecule has 36 heavy (non-hydrogen) atoms. The Kier molecular flexibility index (Phi) is 10.8. The number of anilines is 2. The van der Waals surface area contributed by atoms with Crippen LogP contribution in [-0.2, 0) is 9.47 Å². The Hall–Kier alpha value is -2.89. The first-order valence-electron chi connectivity index (χ1n) is 12.2. The average molecular weight is 504 g/mol. The fraction of sp³-hybridized carbons (Fsp3) is 0.500. The number of benzene rings is 2. The molecule has 0 radical (unpaired) electrons. The molecule has 0 saturated heterocycles. The summed E-state index contributed by atoms with van der Waals surface area (Å²) in [5.41, 5.74) is 2.51. The van der Waals surface area contributed by atoms with E-state index in [-0.39, 0.29) is 18.2 Å². The molecule has 0 aliphatic carbocycles. The monoisotopic (exact) mass is 503 g/mol. The lowest BCUT2D eigenvalue weighted by Gasteiger charge is -2.45. The first-order valence-corrected chi connectivity index (χ1v) is 12.2. The van der Waals surface area contributed by atoms with Gasteiger partial charge in [0.1, 0.15) is 12.0 Å². The molecule has 0 amide bonds. The molecule has 4 N–H and O–H groups in total. The van der Waals surface area contributed by atoms with Crippen molar-refractivity contribution in [2.45, 2.75) is 19.2 Å². The zero-order valence-electron chi connectivity index (χ0n) is 20.9. The summed E-state index contributed by atoms with van der Waals surface area (Å²) in [7, 11) is 1.64. The number of aliphatic hydroxyl groups excluding tert-OH is 2. The van der Waals surface area contributed by atoms with E-state index >= 15 is 0 Å². The van der Waals surface area contributed by atoms with Crippen molar-refractivity contribution < 1.29 is 34.3 Å². The minimum absolute atomic E-state index is 0.00599. The fourth-order valence-electron chi connectivity index (χ4n) is 4.44. The van der Waals surface area contributed by atoms with Crippen LogP contribution in [0.25, 0.3) is 0 Å². The Morgan fingerprint density at radius 2 is 1.86 bits per heavy atom. The summed E-state index contributed by atoms with van der Waals surface area (Å²) < 4.78 is 16.4. The van der Waals surface area contributed by atoms with Gasteiger partial charge in [0.15, 0.2) is 0 Å². The molecule has 1 aliphatic heterocycles. The van der Waals surface area contributed by atoms with Crippen LogP contribution in [0.2, 0.25) is 0 Å². The Bertz CT molecular complexity index is 974. The van der Waals surface area contributed by atoms with E-state index in [4.69, 9.17) is 19.3 Å². The van der Waals surface area contributed by atoms with E-state index in [1.165, 1.54) is 6.07 Å². The molecular formula is C26H37N3O7. The minimum Gasteiger partial charge on any atom is -0.497 e. The summed E-state index contributed by atoms with van der Waals surface area (Å²) in [6.07, 6.45) is -1.11. The van der Waals surface area contributed by atoms with Crippen LogP contribution in [0.5, 0.6) is 5.75 Å². The highest BCUT2D eigenvalue weighted by atomic mass is 16.5. The van der Waals surface area contributed by atoms with Gasteiger partial charge in [0.25, 0.3) is 0 Å². The van der Waals surface area contributed by atoms with Crippen molar-refractivity contribution in [1.82, 2.24) is 5.32 Å². The number of hydrogen-bond donors (Lipinski definition) is 4. The highest BCUT2D eigenvalue weighted by molar-refractivity contribution is 5.89. The maximum Gasteiger partial charge on any atom is 0.336 e. The number of fused-ring (bicyclic) bond motifs is 1. The summed E-state index contributed by atoms with van der Waals surface area (Å²) >= 11 is 0. The van der Waals surface area contributed by atoms with Gasteiger partial charge in [0.05, 0.1) is 63.1 Å². The molecule has 1 heterocycles. The summed E-state index contributed by atoms with van der Waals surface area (Å²) in [5.74, 6) is -0.318. The minimum atomic E-state index is -1.11. The van der Waals surface area contributed by atoms with Crippen LogP contribution in [0.4, 0.5) is 11.4 Å². The van der Waals surface area contributed by atoms with Gasteiger partial charge in [-0.25, -0.2) is 4.79 Å². The zero-order valence-corrected chi connectivity index (χ0v) is 20.9. The highest BCUT2D eigenvalue weighted by Gasteiger charge is 2.31. The number of rotatable bonds is 15. The first-order chi connectivity index (χ1) is 17.5. The lowest BCUT2D eigenvalue weighted by Crippen LogP contribution is -2.54. The number of carboxylic acid groups (broad SMARTS) is 1. The number of aliphatic hydroxyl groups is 2. The van der Waals surface area contributed by atoms with Gasteiger partial charge in [-0.2, -0.15) is 0 Å². The molecule has 198 valence electrons. The topological polar surface area (TPSA) is 124 Å². The Balaban J connectivity index is 1.71. The van der Waals surface area contributed by atoms with Crippen molar-refractivity contribution in [1.29, 1.82) is 0 Å². The van der Waals surface area contributed by atoms with E-state index in [0.29, 0.717) is 51.6 Å². The van der Waals surface area contributed by atoms with Crippen LogP contribution in [0.1, 0.15) is 29.1 Å². The number of ether oxygens (including phenoxy) is 3. The van der Waals surface area contributed by atoms with E-state index < -0.39 is 12.2 Å². The van der Waals surface area contributed by atoms with Gasteiger partial charge < -0.3 is 39.3 Å². The number of hydrogen-bond acceptors (Lipinski definition) is 9. The van der Waals surface area contributed by atoms with E-state index in [1.54, 1.807) is 25.3 Å². The van der Waals surface area contributed by atoms with Crippen LogP contribution >= 0.6 is 0 Å². The Morgan fingerprint density at radius 3 is 2.56 bits per heavy atom. The largest absolute Gasteiger partial charge is 0.497 e. The lowest BCUT2D eigenvalue weighted by atomic mass is 10.0. The molecule has 2 aromatic rings. The van der Waals surface area contributed by atoms with Gasteiger partial charge in [-0.05, 0) is 25.1 Å². The van der Waals surface area contributed by atoms with Gasteiger partial charge >= 0.3 is 5.97 Å². The molecule has 0 bridgehead atoms. The Morgan fingerprint density at radius 1 is 1.11 bits per heavy atom. The predicted octanol–water partition coefficient (Wildman–Crippen LogP) is 1.71. The molecule has 10 nitrogen and oxygen atoms in total. The maximum atomic E-state index is 11.6. The highest BCUT2D eigenvalue weighted by Crippen LogP contribution is 2.38. The molecule has 0 fully saturated rings. The number of carboxylic acids is 1. The summed E-state index contributed by atoms with van der Waals surface area (Å²) in [6.45, 7) is 6.31. The van der Waals surface area contributed by atoms with Crippen molar-refractivity contribution in [3.8, 4) is 5.75 Å². The van der Waals surface area contributed by atoms with Gasteiger partial charge in [-0.3, -0.25) is 5.32 Å². The SMILES string of the molecule is CCN1c2cc(OC)ccc2N(CCOCCOCCO)CC1CNC(O)c1ccccc1C(=O)O. The molecule has 2 unspecified atom stereocenters. The second kappa shape index (κ2) is 14.0. The van der Waals surface area contributed by atoms with Crippen molar-refractivity contribution in [3.05, 3.63) is 53.6 Å². The van der Waals surface area contributed by atoms with Crippen molar-refractivity contribution in [2.75, 3.05) is 76.1 Å². The predicted molar refractivity (Wildman–Crippen MR) is 137 cm³/mol. The van der Waals surface area contributed by atoms with E-state index in [1.807, 2.05) is 18.2 Å². The third-order valence-electron chi connectivity index (χ3n) is 6.19. The van der Waals surface area contributed by atoms with Crippen LogP contribution in [0, 0.1) is 0 Å². The fourth-order valence-corrected chi connectivity index (χ4v) is 4.44. The number of methoxy groups -OCH3 is 1. The van der Waals surface area contributed by atoms with Gasteiger partial charge in [-0.15, -0.1) is 0 Å². The zero-order chi connectivity index (χ0) is 25.9. The lowest BCUT2D eigenvalue weighted by molar-refractivity contribution is 0.0350. The number of nitrogens with zero attached hydrogens (tertiary/aromatic N) is 2. The molecule has 2 atom stereocenters. The number of nitrogens with one attached hydrogen (secondary N) is 1. The van der Waals surface area contributed by atoms with E-state index in [0.717, 1.165) is 23.7 Å². The van der Waals surface area contributed by atoms with Gasteiger partial charge in [-0.1, -0.05) is 18.2 Å². The molecule has 0 aromatic heterocycles. The molecule has 0 saturated carbocycles. The maximum absolute atomic E-state index is 11.6. The molecule has 0 spiro atoms. The van der Waals surface area contributed by atoms with Gasteiger partial charge in [0.2, 0.25) is 0 Å². The summed E-state index contributed by atoms with van der Waals surface area (Å²) in [4.78, 5) is 16.1. The van der Waals surface area contributed by atoms with Crippen molar-refractivity contribution in [3.63, 3.8) is 0 Å². The summed E-state index contributed by atoms with van der Waals surface area (Å²) in [5, 5.41) is 32.2. The molecule has 10 heteroatoms. The third kappa shape index (κ3) is 7.08. The van der Waals surface area contributed by atoms with E-state index in [9.17, 15) is 15.0 Å². The molecule has 1 aliphatic rings. The van der Waals surface area contributed by atoms with Crippen molar-refractivity contribution >= 4 is 17.3 Å².